The number of hydrogen-bond donors (Lipinski definition) is 1. The van der Waals surface area contributed by atoms with Crippen molar-refractivity contribution in [2.75, 3.05) is 5.32 Å². The van der Waals surface area contributed by atoms with Crippen LogP contribution in [0.1, 0.15) is 21.5 Å². The number of amides is 1. The molecule has 0 fully saturated rings. The van der Waals surface area contributed by atoms with E-state index in [1.165, 1.54) is 6.07 Å². The molecule has 0 aliphatic carbocycles. The van der Waals surface area contributed by atoms with Crippen molar-refractivity contribution in [2.24, 2.45) is 0 Å². The van der Waals surface area contributed by atoms with Crippen LogP contribution in [-0.2, 0) is 6.18 Å². The SMILES string of the molecule is Cc1ccc(NC(=O)c2cccc(Oc3ccc(C(F)(F)F)cc3Cl)c2)cc1. The van der Waals surface area contributed by atoms with E-state index in [1.807, 2.05) is 19.1 Å². The maximum absolute atomic E-state index is 12.7. The molecule has 1 amide bonds. The van der Waals surface area contributed by atoms with Gasteiger partial charge in [-0.1, -0.05) is 35.4 Å². The second kappa shape index (κ2) is 7.94. The molecule has 0 aromatic heterocycles. The van der Waals surface area contributed by atoms with Gasteiger partial charge < -0.3 is 10.1 Å². The molecule has 0 heterocycles. The molecule has 0 radical (unpaired) electrons. The number of hydrogen-bond acceptors (Lipinski definition) is 2. The Morgan fingerprint density at radius 1 is 1.00 bits per heavy atom. The summed E-state index contributed by atoms with van der Waals surface area (Å²) < 4.78 is 43.7. The van der Waals surface area contributed by atoms with Crippen molar-refractivity contribution in [2.45, 2.75) is 13.1 Å². The number of nitrogens with one attached hydrogen (secondary N) is 1. The van der Waals surface area contributed by atoms with Gasteiger partial charge in [-0.3, -0.25) is 4.79 Å². The van der Waals surface area contributed by atoms with Crippen molar-refractivity contribution in [3.05, 3.63) is 88.4 Å². The van der Waals surface area contributed by atoms with Gasteiger partial charge >= 0.3 is 6.18 Å². The molecule has 0 saturated carbocycles. The number of aryl methyl sites for hydroxylation is 1. The number of anilines is 1. The molecule has 0 aliphatic heterocycles. The van der Waals surface area contributed by atoms with Crippen molar-refractivity contribution in [3.63, 3.8) is 0 Å². The van der Waals surface area contributed by atoms with Crippen molar-refractivity contribution in [1.29, 1.82) is 0 Å². The van der Waals surface area contributed by atoms with Crippen LogP contribution in [-0.4, -0.2) is 5.91 Å². The summed E-state index contributed by atoms with van der Waals surface area (Å²) in [7, 11) is 0. The van der Waals surface area contributed by atoms with Gasteiger partial charge in [-0.15, -0.1) is 0 Å². The minimum atomic E-state index is -4.49. The number of halogens is 4. The van der Waals surface area contributed by atoms with Crippen LogP contribution in [0.25, 0.3) is 0 Å². The lowest BCUT2D eigenvalue weighted by Crippen LogP contribution is -2.11. The zero-order chi connectivity index (χ0) is 20.3. The third kappa shape index (κ3) is 4.84. The van der Waals surface area contributed by atoms with Gasteiger partial charge in [0.1, 0.15) is 11.5 Å². The molecule has 28 heavy (non-hydrogen) atoms. The minimum Gasteiger partial charge on any atom is -0.456 e. The fraction of sp³-hybridized carbons (Fsp3) is 0.0952. The summed E-state index contributed by atoms with van der Waals surface area (Å²) in [5.41, 5.74) is 1.19. The molecule has 0 aliphatic rings. The fourth-order valence-electron chi connectivity index (χ4n) is 2.43. The Morgan fingerprint density at radius 3 is 2.36 bits per heavy atom. The van der Waals surface area contributed by atoms with Gasteiger partial charge in [0.15, 0.2) is 0 Å². The van der Waals surface area contributed by atoms with Crippen LogP contribution < -0.4 is 10.1 Å². The highest BCUT2D eigenvalue weighted by Gasteiger charge is 2.31. The van der Waals surface area contributed by atoms with Gasteiger partial charge in [0.25, 0.3) is 5.91 Å². The molecular formula is C21H15ClF3NO2. The van der Waals surface area contributed by atoms with Gasteiger partial charge in [-0.05, 0) is 55.5 Å². The zero-order valence-electron chi connectivity index (χ0n) is 14.7. The largest absolute Gasteiger partial charge is 0.456 e. The summed E-state index contributed by atoms with van der Waals surface area (Å²) in [6.07, 6.45) is -4.49. The van der Waals surface area contributed by atoms with Gasteiger partial charge in [0.05, 0.1) is 10.6 Å². The van der Waals surface area contributed by atoms with E-state index in [9.17, 15) is 18.0 Å². The highest BCUT2D eigenvalue weighted by Crippen LogP contribution is 2.36. The first-order valence-corrected chi connectivity index (χ1v) is 8.63. The quantitative estimate of drug-likeness (QED) is 0.523. The van der Waals surface area contributed by atoms with Gasteiger partial charge in [0, 0.05) is 11.3 Å². The second-order valence-electron chi connectivity index (χ2n) is 6.09. The van der Waals surface area contributed by atoms with E-state index in [0.29, 0.717) is 11.3 Å². The fourth-order valence-corrected chi connectivity index (χ4v) is 2.65. The topological polar surface area (TPSA) is 38.3 Å². The summed E-state index contributed by atoms with van der Waals surface area (Å²) in [5, 5.41) is 2.59. The summed E-state index contributed by atoms with van der Waals surface area (Å²) in [6.45, 7) is 1.94. The maximum Gasteiger partial charge on any atom is 0.416 e. The Balaban J connectivity index is 1.76. The van der Waals surface area contributed by atoms with Gasteiger partial charge in [-0.2, -0.15) is 13.2 Å². The predicted molar refractivity (Wildman–Crippen MR) is 102 cm³/mol. The van der Waals surface area contributed by atoms with Gasteiger partial charge in [0.2, 0.25) is 0 Å². The Bertz CT molecular complexity index is 1000. The molecule has 0 atom stereocenters. The zero-order valence-corrected chi connectivity index (χ0v) is 15.4. The lowest BCUT2D eigenvalue weighted by atomic mass is 10.1. The summed E-state index contributed by atoms with van der Waals surface area (Å²) in [5.74, 6) is -0.00297. The van der Waals surface area contributed by atoms with Crippen LogP contribution in [0.2, 0.25) is 5.02 Å². The van der Waals surface area contributed by atoms with E-state index in [4.69, 9.17) is 16.3 Å². The second-order valence-corrected chi connectivity index (χ2v) is 6.50. The van der Waals surface area contributed by atoms with Crippen molar-refractivity contribution >= 4 is 23.2 Å². The normalized spacial score (nSPS) is 11.2. The molecule has 3 aromatic carbocycles. The maximum atomic E-state index is 12.7. The first-order valence-electron chi connectivity index (χ1n) is 8.25. The van der Waals surface area contributed by atoms with E-state index in [1.54, 1.807) is 30.3 Å². The first kappa shape index (κ1) is 19.8. The molecule has 0 bridgehead atoms. The van der Waals surface area contributed by atoms with Crippen molar-refractivity contribution in [1.82, 2.24) is 0 Å². The highest BCUT2D eigenvalue weighted by atomic mass is 35.5. The summed E-state index contributed by atoms with van der Waals surface area (Å²) in [4.78, 5) is 12.4. The number of alkyl halides is 3. The van der Waals surface area contributed by atoms with E-state index in [0.717, 1.165) is 23.8 Å². The number of carbonyl (C=O) groups is 1. The van der Waals surface area contributed by atoms with E-state index < -0.39 is 11.7 Å². The highest BCUT2D eigenvalue weighted by molar-refractivity contribution is 6.32. The molecule has 0 unspecified atom stereocenters. The standard InChI is InChI=1S/C21H15ClF3NO2/c1-13-5-8-16(9-6-13)26-20(27)14-3-2-4-17(11-14)28-19-10-7-15(12-18(19)22)21(23,24)25/h2-12H,1H3,(H,26,27). The van der Waals surface area contributed by atoms with E-state index in [2.05, 4.69) is 5.32 Å². The van der Waals surface area contributed by atoms with Gasteiger partial charge in [-0.25, -0.2) is 0 Å². The van der Waals surface area contributed by atoms with Crippen LogP contribution >= 0.6 is 11.6 Å². The first-order chi connectivity index (χ1) is 13.2. The van der Waals surface area contributed by atoms with Crippen LogP contribution in [0, 0.1) is 6.92 Å². The van der Waals surface area contributed by atoms with E-state index in [-0.39, 0.29) is 22.4 Å². The number of rotatable bonds is 4. The number of carbonyl (C=O) groups excluding carboxylic acids is 1. The molecule has 7 heteroatoms. The third-order valence-corrected chi connectivity index (χ3v) is 4.19. The average molecular weight is 406 g/mol. The Morgan fingerprint density at radius 2 is 1.71 bits per heavy atom. The number of benzene rings is 3. The molecule has 3 nitrogen and oxygen atoms in total. The molecule has 3 aromatic rings. The Kier molecular flexibility index (Phi) is 5.61. The van der Waals surface area contributed by atoms with Crippen LogP contribution in [0.15, 0.2) is 66.7 Å². The number of ether oxygens (including phenoxy) is 1. The minimum absolute atomic E-state index is 0.0609. The molecule has 3 rings (SSSR count). The molecule has 0 saturated heterocycles. The Hall–Kier alpha value is -2.99. The van der Waals surface area contributed by atoms with Crippen molar-refractivity contribution in [3.8, 4) is 11.5 Å². The monoisotopic (exact) mass is 405 g/mol. The summed E-state index contributed by atoms with van der Waals surface area (Å²) in [6, 6.07) is 16.4. The van der Waals surface area contributed by atoms with Crippen LogP contribution in [0.3, 0.4) is 0 Å². The molecule has 144 valence electrons. The Labute approximate surface area is 164 Å². The lowest BCUT2D eigenvalue weighted by molar-refractivity contribution is -0.137. The third-order valence-electron chi connectivity index (χ3n) is 3.89. The average Bonchev–Trinajstić information content (AvgIpc) is 2.64. The predicted octanol–water partition coefficient (Wildman–Crippen LogP) is 6.71. The molecular weight excluding hydrogens is 391 g/mol. The summed E-state index contributed by atoms with van der Waals surface area (Å²) >= 11 is 5.90. The van der Waals surface area contributed by atoms with Crippen LogP contribution in [0.4, 0.5) is 18.9 Å². The van der Waals surface area contributed by atoms with Crippen molar-refractivity contribution < 1.29 is 22.7 Å². The molecule has 0 spiro atoms. The lowest BCUT2D eigenvalue weighted by Gasteiger charge is -2.12. The van der Waals surface area contributed by atoms with E-state index >= 15 is 0 Å². The smallest absolute Gasteiger partial charge is 0.416 e. The molecule has 1 N–H and O–H groups in total. The van der Waals surface area contributed by atoms with Crippen LogP contribution in [0.5, 0.6) is 11.5 Å².